The van der Waals surface area contributed by atoms with Gasteiger partial charge in [0.15, 0.2) is 0 Å². The van der Waals surface area contributed by atoms with Gasteiger partial charge < -0.3 is 10.4 Å². The van der Waals surface area contributed by atoms with Gasteiger partial charge in [-0.25, -0.2) is 4.39 Å². The van der Waals surface area contributed by atoms with Crippen molar-refractivity contribution in [3.63, 3.8) is 0 Å². The largest absolute Gasteiger partial charge is 0.394 e. The number of nitrogens with one attached hydrogen (secondary N) is 1. The summed E-state index contributed by atoms with van der Waals surface area (Å²) in [7, 11) is 0. The number of aliphatic hydroxyl groups excluding tert-OH is 1. The van der Waals surface area contributed by atoms with Gasteiger partial charge in [-0.3, -0.25) is 0 Å². The Morgan fingerprint density at radius 3 is 2.45 bits per heavy atom. The summed E-state index contributed by atoms with van der Waals surface area (Å²) >= 11 is 0. The molecule has 0 radical (unpaired) electrons. The van der Waals surface area contributed by atoms with E-state index in [1.165, 1.54) is 12.1 Å². The van der Waals surface area contributed by atoms with Gasteiger partial charge in [0.25, 0.3) is 0 Å². The molecule has 1 atom stereocenters. The minimum atomic E-state index is -0.477. The van der Waals surface area contributed by atoms with E-state index in [1.807, 2.05) is 43.3 Å². The molecule has 2 aromatic carbocycles. The molecule has 0 saturated carbocycles. The van der Waals surface area contributed by atoms with Crippen LogP contribution in [0.1, 0.15) is 18.9 Å². The number of hydrogen-bond acceptors (Lipinski definition) is 2. The van der Waals surface area contributed by atoms with Gasteiger partial charge in [0.05, 0.1) is 12.1 Å². The van der Waals surface area contributed by atoms with E-state index in [0.717, 1.165) is 12.0 Å². The van der Waals surface area contributed by atoms with Gasteiger partial charge in [0, 0.05) is 5.69 Å². The second-order valence-corrected chi connectivity index (χ2v) is 5.09. The Balaban J connectivity index is 2.21. The molecule has 2 nitrogen and oxygen atoms in total. The quantitative estimate of drug-likeness (QED) is 0.842. The predicted molar refractivity (Wildman–Crippen MR) is 80.3 cm³/mol. The van der Waals surface area contributed by atoms with Crippen molar-refractivity contribution in [1.82, 2.24) is 0 Å². The molecule has 0 amide bonds. The van der Waals surface area contributed by atoms with Crippen molar-refractivity contribution in [2.75, 3.05) is 11.9 Å². The van der Waals surface area contributed by atoms with Crippen molar-refractivity contribution in [3.8, 4) is 0 Å². The first-order valence-electron chi connectivity index (χ1n) is 6.86. The zero-order chi connectivity index (χ0) is 14.4. The maximum absolute atomic E-state index is 13.3. The molecule has 2 aromatic rings. The Morgan fingerprint density at radius 2 is 1.85 bits per heavy atom. The number of rotatable bonds is 6. The lowest BCUT2D eigenvalue weighted by Gasteiger charge is -2.33. The molecule has 1 unspecified atom stereocenters. The van der Waals surface area contributed by atoms with Crippen molar-refractivity contribution >= 4 is 5.69 Å². The van der Waals surface area contributed by atoms with E-state index in [2.05, 4.69) is 5.32 Å². The summed E-state index contributed by atoms with van der Waals surface area (Å²) in [6.45, 7) is 2.01. The Labute approximate surface area is 119 Å². The van der Waals surface area contributed by atoms with E-state index < -0.39 is 5.54 Å². The molecule has 0 aromatic heterocycles. The van der Waals surface area contributed by atoms with Gasteiger partial charge in [-0.15, -0.1) is 0 Å². The zero-order valence-corrected chi connectivity index (χ0v) is 11.6. The summed E-state index contributed by atoms with van der Waals surface area (Å²) in [5.41, 5.74) is 1.36. The van der Waals surface area contributed by atoms with Crippen LogP contribution in [0.25, 0.3) is 0 Å². The van der Waals surface area contributed by atoms with Crippen molar-refractivity contribution in [1.29, 1.82) is 0 Å². The van der Waals surface area contributed by atoms with Crippen LogP contribution in [0.5, 0.6) is 0 Å². The molecular weight excluding hydrogens is 253 g/mol. The van der Waals surface area contributed by atoms with E-state index in [0.29, 0.717) is 12.1 Å². The van der Waals surface area contributed by atoms with Crippen molar-refractivity contribution in [2.24, 2.45) is 0 Å². The van der Waals surface area contributed by atoms with Gasteiger partial charge >= 0.3 is 0 Å². The molecule has 20 heavy (non-hydrogen) atoms. The molecule has 0 spiro atoms. The lowest BCUT2D eigenvalue weighted by atomic mass is 9.88. The third-order valence-corrected chi connectivity index (χ3v) is 3.60. The molecule has 2 N–H and O–H groups in total. The SMILES string of the molecule is CCC(CO)(Cc1ccccc1)Nc1cccc(F)c1. The van der Waals surface area contributed by atoms with Gasteiger partial charge in [-0.1, -0.05) is 43.3 Å². The molecule has 3 heteroatoms. The monoisotopic (exact) mass is 273 g/mol. The smallest absolute Gasteiger partial charge is 0.125 e. The molecule has 0 fully saturated rings. The third-order valence-electron chi connectivity index (χ3n) is 3.60. The molecule has 2 rings (SSSR count). The van der Waals surface area contributed by atoms with Gasteiger partial charge in [-0.05, 0) is 36.6 Å². The highest BCUT2D eigenvalue weighted by molar-refractivity contribution is 5.46. The number of anilines is 1. The first kappa shape index (κ1) is 14.5. The van der Waals surface area contributed by atoms with E-state index in [9.17, 15) is 9.50 Å². The van der Waals surface area contributed by atoms with E-state index >= 15 is 0 Å². The Kier molecular flexibility index (Phi) is 4.74. The average molecular weight is 273 g/mol. The molecule has 0 bridgehead atoms. The highest BCUT2D eigenvalue weighted by Gasteiger charge is 2.27. The number of benzene rings is 2. The predicted octanol–water partition coefficient (Wildman–Crippen LogP) is 3.62. The summed E-state index contributed by atoms with van der Waals surface area (Å²) in [6.07, 6.45) is 1.44. The standard InChI is InChI=1S/C17H20FNO/c1-2-17(13-20,12-14-7-4-3-5-8-14)19-16-10-6-9-15(18)11-16/h3-11,19-20H,2,12-13H2,1H3. The molecule has 0 heterocycles. The van der Waals surface area contributed by atoms with Gasteiger partial charge in [0.2, 0.25) is 0 Å². The average Bonchev–Trinajstić information content (AvgIpc) is 2.47. The van der Waals surface area contributed by atoms with Crippen LogP contribution in [0.3, 0.4) is 0 Å². The van der Waals surface area contributed by atoms with Crippen LogP contribution in [0.2, 0.25) is 0 Å². The van der Waals surface area contributed by atoms with Crippen LogP contribution in [0, 0.1) is 5.82 Å². The maximum atomic E-state index is 13.3. The van der Waals surface area contributed by atoms with Crippen LogP contribution in [0.15, 0.2) is 54.6 Å². The number of hydrogen-bond donors (Lipinski definition) is 2. The van der Waals surface area contributed by atoms with E-state index in [1.54, 1.807) is 6.07 Å². The van der Waals surface area contributed by atoms with Crippen molar-refractivity contribution in [2.45, 2.75) is 25.3 Å². The lowest BCUT2D eigenvalue weighted by Crippen LogP contribution is -2.43. The number of aliphatic hydroxyl groups is 1. The summed E-state index contributed by atoms with van der Waals surface area (Å²) < 4.78 is 13.3. The first-order chi connectivity index (χ1) is 9.67. The summed E-state index contributed by atoms with van der Waals surface area (Å²) in [5, 5.41) is 13.1. The summed E-state index contributed by atoms with van der Waals surface area (Å²) in [4.78, 5) is 0. The molecule has 106 valence electrons. The highest BCUT2D eigenvalue weighted by Crippen LogP contribution is 2.23. The molecule has 0 aliphatic carbocycles. The van der Waals surface area contributed by atoms with Crippen LogP contribution in [-0.4, -0.2) is 17.3 Å². The molecule has 0 saturated heterocycles. The van der Waals surface area contributed by atoms with Crippen LogP contribution < -0.4 is 5.32 Å². The van der Waals surface area contributed by atoms with Crippen LogP contribution in [-0.2, 0) is 6.42 Å². The fraction of sp³-hybridized carbons (Fsp3) is 0.294. The second kappa shape index (κ2) is 6.53. The highest BCUT2D eigenvalue weighted by atomic mass is 19.1. The third kappa shape index (κ3) is 3.58. The minimum Gasteiger partial charge on any atom is -0.394 e. The minimum absolute atomic E-state index is 0.00505. The first-order valence-corrected chi connectivity index (χ1v) is 6.86. The normalized spacial score (nSPS) is 13.8. The Morgan fingerprint density at radius 1 is 1.10 bits per heavy atom. The molecule has 0 aliphatic heterocycles. The van der Waals surface area contributed by atoms with E-state index in [4.69, 9.17) is 0 Å². The topological polar surface area (TPSA) is 32.3 Å². The maximum Gasteiger partial charge on any atom is 0.125 e. The second-order valence-electron chi connectivity index (χ2n) is 5.09. The number of halogens is 1. The Hall–Kier alpha value is -1.87. The van der Waals surface area contributed by atoms with E-state index in [-0.39, 0.29) is 12.4 Å². The van der Waals surface area contributed by atoms with Crippen molar-refractivity contribution < 1.29 is 9.50 Å². The fourth-order valence-corrected chi connectivity index (χ4v) is 2.32. The summed E-state index contributed by atoms with van der Waals surface area (Å²) in [5.74, 6) is -0.280. The fourth-order valence-electron chi connectivity index (χ4n) is 2.32. The molecular formula is C17H20FNO. The summed E-state index contributed by atoms with van der Waals surface area (Å²) in [6, 6.07) is 16.3. The van der Waals surface area contributed by atoms with Crippen molar-refractivity contribution in [3.05, 3.63) is 66.0 Å². The van der Waals surface area contributed by atoms with Gasteiger partial charge in [-0.2, -0.15) is 0 Å². The van der Waals surface area contributed by atoms with Crippen LogP contribution in [0.4, 0.5) is 10.1 Å². The van der Waals surface area contributed by atoms with Gasteiger partial charge in [0.1, 0.15) is 5.82 Å². The van der Waals surface area contributed by atoms with Crippen LogP contribution >= 0.6 is 0 Å². The lowest BCUT2D eigenvalue weighted by molar-refractivity contribution is 0.205. The molecule has 0 aliphatic rings. The Bertz CT molecular complexity index is 538. The zero-order valence-electron chi connectivity index (χ0n) is 11.6.